The van der Waals surface area contributed by atoms with Gasteiger partial charge in [-0.2, -0.15) is 0 Å². The number of ether oxygens (including phenoxy) is 2. The highest BCUT2D eigenvalue weighted by Crippen LogP contribution is 2.27. The minimum atomic E-state index is -4.17. The van der Waals surface area contributed by atoms with E-state index in [1.165, 1.54) is 25.3 Å². The molecule has 5 aromatic carbocycles. The van der Waals surface area contributed by atoms with Crippen LogP contribution in [0.1, 0.15) is 22.3 Å². The smallest absolute Gasteiger partial charge is 0.268 e. The minimum Gasteiger partial charge on any atom is -0.495 e. The van der Waals surface area contributed by atoms with Gasteiger partial charge in [0.2, 0.25) is 0 Å². The normalized spacial score (nSPS) is 11.5. The molecular weight excluding hydrogens is 614 g/mol. The van der Waals surface area contributed by atoms with Crippen molar-refractivity contribution in [1.29, 1.82) is 0 Å². The number of fused-ring (bicyclic) bond motifs is 1. The van der Waals surface area contributed by atoms with Gasteiger partial charge >= 0.3 is 0 Å². The fourth-order valence-electron chi connectivity index (χ4n) is 4.56. The predicted octanol–water partition coefficient (Wildman–Crippen LogP) is 7.30. The molecule has 0 aliphatic carbocycles. The number of hydrogen-bond acceptors (Lipinski definition) is 5. The number of halogens is 1. The number of carbonyl (C=O) groups is 1. The Hall–Kier alpha value is -4.40. The van der Waals surface area contributed by atoms with Gasteiger partial charge in [0.1, 0.15) is 23.0 Å². The van der Waals surface area contributed by atoms with E-state index in [4.69, 9.17) is 9.47 Å². The van der Waals surface area contributed by atoms with Crippen molar-refractivity contribution in [3.8, 4) is 11.5 Å². The zero-order chi connectivity index (χ0) is 29.5. The quantitative estimate of drug-likeness (QED) is 0.162. The third kappa shape index (κ3) is 7.26. The lowest BCUT2D eigenvalue weighted by Gasteiger charge is -2.12. The van der Waals surface area contributed by atoms with Crippen LogP contribution in [0.5, 0.6) is 11.5 Å². The van der Waals surface area contributed by atoms with Crippen molar-refractivity contribution >= 4 is 48.7 Å². The molecule has 0 saturated heterocycles. The summed E-state index contributed by atoms with van der Waals surface area (Å²) in [4.78, 5) is 12.6. The molecule has 1 N–H and O–H groups in total. The number of nitrogens with one attached hydrogen (secondary N) is 1. The van der Waals surface area contributed by atoms with Crippen molar-refractivity contribution in [2.24, 2.45) is 0 Å². The van der Waals surface area contributed by atoms with Crippen molar-refractivity contribution in [2.75, 3.05) is 7.11 Å². The first-order chi connectivity index (χ1) is 20.3. The molecule has 8 heteroatoms. The van der Waals surface area contributed by atoms with Crippen molar-refractivity contribution in [3.63, 3.8) is 0 Å². The predicted molar refractivity (Wildman–Crippen MR) is 169 cm³/mol. The van der Waals surface area contributed by atoms with Gasteiger partial charge in [0.15, 0.2) is 0 Å². The Morgan fingerprint density at radius 3 is 2.36 bits per heavy atom. The largest absolute Gasteiger partial charge is 0.495 e. The van der Waals surface area contributed by atoms with E-state index < -0.39 is 15.9 Å². The molecule has 5 rings (SSSR count). The summed E-state index contributed by atoms with van der Waals surface area (Å²) in [5, 5.41) is 2.30. The van der Waals surface area contributed by atoms with E-state index in [0.717, 1.165) is 38.8 Å². The molecule has 5 aromatic rings. The molecule has 0 fully saturated rings. The van der Waals surface area contributed by atoms with E-state index in [0.29, 0.717) is 17.5 Å². The molecular formula is C34H28BrNO5S. The van der Waals surface area contributed by atoms with E-state index in [2.05, 4.69) is 57.1 Å². The summed E-state index contributed by atoms with van der Waals surface area (Å²) in [5.41, 5.74) is 3.85. The van der Waals surface area contributed by atoms with Gasteiger partial charge in [-0.05, 0) is 75.9 Å². The third-order valence-electron chi connectivity index (χ3n) is 6.63. The Bertz CT molecular complexity index is 1870. The second kappa shape index (κ2) is 13.1. The van der Waals surface area contributed by atoms with Gasteiger partial charge in [-0.3, -0.25) is 4.79 Å². The van der Waals surface area contributed by atoms with E-state index in [1.807, 2.05) is 54.6 Å². The van der Waals surface area contributed by atoms with Gasteiger partial charge < -0.3 is 9.47 Å². The maximum Gasteiger partial charge on any atom is 0.268 e. The summed E-state index contributed by atoms with van der Waals surface area (Å²) in [6.07, 6.45) is 3.46. The molecule has 212 valence electrons. The Labute approximate surface area is 253 Å². The van der Waals surface area contributed by atoms with E-state index in [9.17, 15) is 13.2 Å². The number of hydrogen-bond donors (Lipinski definition) is 1. The van der Waals surface area contributed by atoms with Crippen molar-refractivity contribution in [1.82, 2.24) is 4.72 Å². The number of amides is 1. The van der Waals surface area contributed by atoms with Crippen LogP contribution >= 0.6 is 15.9 Å². The molecule has 42 heavy (non-hydrogen) atoms. The number of benzene rings is 5. The maximum absolute atomic E-state index is 13.0. The number of methoxy groups -OCH3 is 1. The Kier molecular flexibility index (Phi) is 9.05. The first-order valence-electron chi connectivity index (χ1n) is 13.2. The van der Waals surface area contributed by atoms with Gasteiger partial charge in [-0.25, -0.2) is 13.1 Å². The average Bonchev–Trinajstić information content (AvgIpc) is 3.00. The molecule has 0 bridgehead atoms. The topological polar surface area (TPSA) is 81.7 Å². The van der Waals surface area contributed by atoms with Crippen LogP contribution in [0, 0.1) is 0 Å². The second-order valence-corrected chi connectivity index (χ2v) is 12.2. The summed E-state index contributed by atoms with van der Waals surface area (Å²) < 4.78 is 39.7. The van der Waals surface area contributed by atoms with E-state index in [1.54, 1.807) is 12.1 Å². The van der Waals surface area contributed by atoms with Crippen molar-refractivity contribution < 1.29 is 22.7 Å². The molecule has 1 amide bonds. The SMILES string of the molecule is COc1ccc(Br)cc1S(=O)(=O)NC(=O)/C=C/c1ccc(COc2ccccc2)cc1Cc1ccc2ccccc2c1. The highest BCUT2D eigenvalue weighted by molar-refractivity contribution is 9.10. The lowest BCUT2D eigenvalue weighted by Crippen LogP contribution is -2.29. The van der Waals surface area contributed by atoms with Crippen LogP contribution in [0.15, 0.2) is 125 Å². The first kappa shape index (κ1) is 29.1. The first-order valence-corrected chi connectivity index (χ1v) is 15.4. The number of para-hydroxylation sites is 1. The van der Waals surface area contributed by atoms with E-state index >= 15 is 0 Å². The maximum atomic E-state index is 13.0. The van der Waals surface area contributed by atoms with Crippen LogP contribution in [0.4, 0.5) is 0 Å². The van der Waals surface area contributed by atoms with Crippen LogP contribution in [0.2, 0.25) is 0 Å². The summed E-state index contributed by atoms with van der Waals surface area (Å²) in [6, 6.07) is 34.6. The standard InChI is InChI=1S/C34H28BrNO5S/c1-40-32-17-16-30(35)22-33(32)42(38,39)36-34(37)18-15-27-14-12-25(23-41-31-9-3-2-4-10-31)21-29(27)20-24-11-13-26-7-5-6-8-28(26)19-24/h2-19,21-22H,20,23H2,1H3,(H,36,37)/b18-15+. The molecule has 0 unspecified atom stereocenters. The van der Waals surface area contributed by atoms with Crippen LogP contribution < -0.4 is 14.2 Å². The van der Waals surface area contributed by atoms with Gasteiger partial charge in [-0.15, -0.1) is 0 Å². The zero-order valence-electron chi connectivity index (χ0n) is 22.8. The average molecular weight is 643 g/mol. The summed E-state index contributed by atoms with van der Waals surface area (Å²) in [7, 11) is -2.80. The molecule has 0 atom stereocenters. The third-order valence-corrected chi connectivity index (χ3v) is 8.49. The van der Waals surface area contributed by atoms with E-state index in [-0.39, 0.29) is 10.6 Å². The van der Waals surface area contributed by atoms with Crippen molar-refractivity contribution in [2.45, 2.75) is 17.9 Å². The van der Waals surface area contributed by atoms with Crippen LogP contribution in [-0.4, -0.2) is 21.4 Å². The molecule has 0 radical (unpaired) electrons. The van der Waals surface area contributed by atoms with Crippen LogP contribution in [-0.2, 0) is 27.8 Å². The number of sulfonamides is 1. The molecule has 0 heterocycles. The fourth-order valence-corrected chi connectivity index (χ4v) is 6.22. The Morgan fingerprint density at radius 1 is 0.833 bits per heavy atom. The van der Waals surface area contributed by atoms with Crippen molar-refractivity contribution in [3.05, 3.63) is 142 Å². The molecule has 0 aliphatic rings. The Balaban J connectivity index is 1.40. The lowest BCUT2D eigenvalue weighted by atomic mass is 9.96. The molecule has 6 nitrogen and oxygen atoms in total. The fraction of sp³-hybridized carbons (Fsp3) is 0.0882. The van der Waals surface area contributed by atoms with Crippen LogP contribution in [0.3, 0.4) is 0 Å². The number of carbonyl (C=O) groups excluding carboxylic acids is 1. The van der Waals surface area contributed by atoms with Gasteiger partial charge in [0.05, 0.1) is 7.11 Å². The minimum absolute atomic E-state index is 0.133. The number of rotatable bonds is 10. The molecule has 0 aromatic heterocycles. The summed E-state index contributed by atoms with van der Waals surface area (Å²) >= 11 is 3.27. The Morgan fingerprint density at radius 2 is 1.57 bits per heavy atom. The summed E-state index contributed by atoms with van der Waals surface area (Å²) in [6.45, 7) is 0.381. The highest BCUT2D eigenvalue weighted by atomic mass is 79.9. The second-order valence-electron chi connectivity index (χ2n) is 9.59. The van der Waals surface area contributed by atoms with Gasteiger partial charge in [0.25, 0.3) is 15.9 Å². The monoisotopic (exact) mass is 641 g/mol. The van der Waals surface area contributed by atoms with Crippen LogP contribution in [0.25, 0.3) is 16.8 Å². The van der Waals surface area contributed by atoms with Gasteiger partial charge in [0, 0.05) is 10.5 Å². The molecule has 0 aliphatic heterocycles. The summed E-state index contributed by atoms with van der Waals surface area (Å²) in [5.74, 6) is 0.135. The zero-order valence-corrected chi connectivity index (χ0v) is 25.2. The molecule has 0 saturated carbocycles. The highest BCUT2D eigenvalue weighted by Gasteiger charge is 2.21. The lowest BCUT2D eigenvalue weighted by molar-refractivity contribution is -0.114. The van der Waals surface area contributed by atoms with Gasteiger partial charge in [-0.1, -0.05) is 94.8 Å². The molecule has 0 spiro atoms.